The van der Waals surface area contributed by atoms with Crippen LogP contribution in [0.15, 0.2) is 36.4 Å². The predicted molar refractivity (Wildman–Crippen MR) is 98.1 cm³/mol. The number of hydrogen-bond donors (Lipinski definition) is 1. The third-order valence-electron chi connectivity index (χ3n) is 3.83. The molecule has 0 radical (unpaired) electrons. The molecule has 0 aliphatic carbocycles. The van der Waals surface area contributed by atoms with Crippen LogP contribution in [-0.2, 0) is 0 Å². The topological polar surface area (TPSA) is 51.2 Å². The molecule has 24 heavy (non-hydrogen) atoms. The molecule has 0 aliphatic heterocycles. The van der Waals surface area contributed by atoms with Crippen molar-refractivity contribution < 1.29 is 9.53 Å². The lowest BCUT2D eigenvalue weighted by Gasteiger charge is -2.07. The normalized spacial score (nSPS) is 10.8. The van der Waals surface area contributed by atoms with Crippen molar-refractivity contribution in [3.05, 3.63) is 58.1 Å². The minimum atomic E-state index is -0.0655. The Kier molecular flexibility index (Phi) is 4.81. The Bertz CT molecular complexity index is 872. The maximum Gasteiger partial charge on any atom is 0.261 e. The number of ether oxygens (including phenoxy) is 1. The third-order valence-corrected chi connectivity index (χ3v) is 5.02. The van der Waals surface area contributed by atoms with Gasteiger partial charge in [-0.05, 0) is 50.1 Å². The standard InChI is InChI=1S/C19H20N2O2S/c1-12-11-13(2)21-19-16(12)14(3)17(24-19)18(22)20-9-10-23-15-7-5-4-6-8-15/h4-8,11H,9-10H2,1-3H3,(H,20,22). The van der Waals surface area contributed by atoms with Crippen LogP contribution in [0.1, 0.15) is 26.5 Å². The Morgan fingerprint density at radius 3 is 2.71 bits per heavy atom. The zero-order chi connectivity index (χ0) is 17.1. The molecule has 0 unspecified atom stereocenters. The number of aryl methyl sites for hydroxylation is 3. The number of nitrogens with zero attached hydrogens (tertiary/aromatic N) is 1. The van der Waals surface area contributed by atoms with E-state index in [0.717, 1.165) is 37.7 Å². The van der Waals surface area contributed by atoms with Crippen LogP contribution in [0, 0.1) is 20.8 Å². The number of carbonyl (C=O) groups is 1. The predicted octanol–water partition coefficient (Wildman–Crippen LogP) is 4.03. The molecular weight excluding hydrogens is 320 g/mol. The fourth-order valence-electron chi connectivity index (χ4n) is 2.77. The second-order valence-corrected chi connectivity index (χ2v) is 6.73. The van der Waals surface area contributed by atoms with Crippen LogP contribution in [0.5, 0.6) is 5.75 Å². The Hall–Kier alpha value is -2.40. The van der Waals surface area contributed by atoms with Gasteiger partial charge in [-0.1, -0.05) is 18.2 Å². The number of benzene rings is 1. The summed E-state index contributed by atoms with van der Waals surface area (Å²) in [6.07, 6.45) is 0. The highest BCUT2D eigenvalue weighted by atomic mass is 32.1. The largest absolute Gasteiger partial charge is 0.492 e. The number of thiophene rings is 1. The molecule has 124 valence electrons. The molecule has 0 atom stereocenters. The molecule has 2 heterocycles. The molecule has 5 heteroatoms. The minimum absolute atomic E-state index is 0.0655. The summed E-state index contributed by atoms with van der Waals surface area (Å²) < 4.78 is 5.59. The van der Waals surface area contributed by atoms with Crippen LogP contribution in [0.3, 0.4) is 0 Å². The second-order valence-electron chi connectivity index (χ2n) is 5.73. The lowest BCUT2D eigenvalue weighted by molar-refractivity contribution is 0.0950. The number of para-hydroxylation sites is 1. The fourth-order valence-corrected chi connectivity index (χ4v) is 3.99. The first-order chi connectivity index (χ1) is 11.6. The van der Waals surface area contributed by atoms with E-state index in [2.05, 4.69) is 23.3 Å². The summed E-state index contributed by atoms with van der Waals surface area (Å²) in [6.45, 7) is 6.93. The van der Waals surface area contributed by atoms with Crippen LogP contribution < -0.4 is 10.1 Å². The molecule has 0 bridgehead atoms. The molecule has 0 saturated heterocycles. The Morgan fingerprint density at radius 1 is 1.21 bits per heavy atom. The highest BCUT2D eigenvalue weighted by Gasteiger charge is 2.17. The second kappa shape index (κ2) is 7.01. The molecule has 3 rings (SSSR count). The molecule has 1 N–H and O–H groups in total. The maximum absolute atomic E-state index is 12.5. The molecular formula is C19H20N2O2S. The van der Waals surface area contributed by atoms with Gasteiger partial charge in [0.15, 0.2) is 0 Å². The molecule has 1 amide bonds. The van der Waals surface area contributed by atoms with Crippen LogP contribution in [0.25, 0.3) is 10.2 Å². The van der Waals surface area contributed by atoms with Crippen molar-refractivity contribution >= 4 is 27.5 Å². The number of rotatable bonds is 5. The first-order valence-corrected chi connectivity index (χ1v) is 8.71. The van der Waals surface area contributed by atoms with Gasteiger partial charge in [-0.3, -0.25) is 4.79 Å². The molecule has 0 fully saturated rings. The summed E-state index contributed by atoms with van der Waals surface area (Å²) >= 11 is 1.45. The monoisotopic (exact) mass is 340 g/mol. The van der Waals surface area contributed by atoms with Gasteiger partial charge in [0.1, 0.15) is 17.2 Å². The molecule has 1 aromatic carbocycles. The number of fused-ring (bicyclic) bond motifs is 1. The quantitative estimate of drug-likeness (QED) is 0.714. The number of pyridine rings is 1. The highest BCUT2D eigenvalue weighted by molar-refractivity contribution is 7.20. The average Bonchev–Trinajstić information content (AvgIpc) is 2.89. The van der Waals surface area contributed by atoms with Gasteiger partial charge in [0.25, 0.3) is 5.91 Å². The lowest BCUT2D eigenvalue weighted by atomic mass is 10.1. The summed E-state index contributed by atoms with van der Waals surface area (Å²) in [5.74, 6) is 0.740. The van der Waals surface area contributed by atoms with Crippen molar-refractivity contribution in [1.29, 1.82) is 0 Å². The van der Waals surface area contributed by atoms with Gasteiger partial charge in [0.05, 0.1) is 11.4 Å². The van der Waals surface area contributed by atoms with Crippen LogP contribution in [0.2, 0.25) is 0 Å². The van der Waals surface area contributed by atoms with Gasteiger partial charge >= 0.3 is 0 Å². The van der Waals surface area contributed by atoms with E-state index in [0.29, 0.717) is 13.2 Å². The van der Waals surface area contributed by atoms with Crippen LogP contribution in [0.4, 0.5) is 0 Å². The summed E-state index contributed by atoms with van der Waals surface area (Å²) in [4.78, 5) is 18.7. The van der Waals surface area contributed by atoms with E-state index >= 15 is 0 Å². The first kappa shape index (κ1) is 16.5. The SMILES string of the molecule is Cc1cc(C)c2c(C)c(C(=O)NCCOc3ccccc3)sc2n1. The van der Waals surface area contributed by atoms with Gasteiger partial charge in [-0.15, -0.1) is 11.3 Å². The summed E-state index contributed by atoms with van der Waals surface area (Å²) in [6, 6.07) is 11.6. The van der Waals surface area contributed by atoms with Crippen molar-refractivity contribution in [3.63, 3.8) is 0 Å². The van der Waals surface area contributed by atoms with Crippen molar-refractivity contribution in [2.75, 3.05) is 13.2 Å². The smallest absolute Gasteiger partial charge is 0.261 e. The van der Waals surface area contributed by atoms with E-state index in [1.54, 1.807) is 0 Å². The highest BCUT2D eigenvalue weighted by Crippen LogP contribution is 2.32. The van der Waals surface area contributed by atoms with E-state index in [1.165, 1.54) is 11.3 Å². The third kappa shape index (κ3) is 3.41. The van der Waals surface area contributed by atoms with Crippen molar-refractivity contribution in [2.45, 2.75) is 20.8 Å². The number of carbonyl (C=O) groups excluding carboxylic acids is 1. The molecule has 3 aromatic rings. The molecule has 0 saturated carbocycles. The van der Waals surface area contributed by atoms with E-state index in [-0.39, 0.29) is 5.91 Å². The molecule has 2 aromatic heterocycles. The average molecular weight is 340 g/mol. The summed E-state index contributed by atoms with van der Waals surface area (Å²) in [5.41, 5.74) is 3.14. The van der Waals surface area contributed by atoms with E-state index < -0.39 is 0 Å². The van der Waals surface area contributed by atoms with Gasteiger partial charge in [0.2, 0.25) is 0 Å². The first-order valence-electron chi connectivity index (χ1n) is 7.89. The fraction of sp³-hybridized carbons (Fsp3) is 0.263. The minimum Gasteiger partial charge on any atom is -0.492 e. The van der Waals surface area contributed by atoms with Crippen LogP contribution >= 0.6 is 11.3 Å². The Morgan fingerprint density at radius 2 is 1.96 bits per heavy atom. The zero-order valence-electron chi connectivity index (χ0n) is 14.1. The number of aromatic nitrogens is 1. The lowest BCUT2D eigenvalue weighted by Crippen LogP contribution is -2.27. The van der Waals surface area contributed by atoms with E-state index in [9.17, 15) is 4.79 Å². The van der Waals surface area contributed by atoms with Crippen LogP contribution in [-0.4, -0.2) is 24.0 Å². The van der Waals surface area contributed by atoms with E-state index in [4.69, 9.17) is 4.74 Å². The molecule has 0 spiro atoms. The number of hydrogen-bond acceptors (Lipinski definition) is 4. The van der Waals surface area contributed by atoms with Crippen molar-refractivity contribution in [1.82, 2.24) is 10.3 Å². The molecule has 4 nitrogen and oxygen atoms in total. The van der Waals surface area contributed by atoms with Crippen molar-refractivity contribution in [3.8, 4) is 5.75 Å². The van der Waals surface area contributed by atoms with E-state index in [1.807, 2.05) is 44.2 Å². The van der Waals surface area contributed by atoms with Crippen molar-refractivity contribution in [2.24, 2.45) is 0 Å². The molecule has 0 aliphatic rings. The number of amides is 1. The summed E-state index contributed by atoms with van der Waals surface area (Å²) in [7, 11) is 0. The summed E-state index contributed by atoms with van der Waals surface area (Å²) in [5, 5.41) is 4.02. The maximum atomic E-state index is 12.5. The van der Waals surface area contributed by atoms with Gasteiger partial charge in [-0.2, -0.15) is 0 Å². The van der Waals surface area contributed by atoms with Gasteiger partial charge in [0, 0.05) is 11.1 Å². The van der Waals surface area contributed by atoms with Gasteiger partial charge in [-0.25, -0.2) is 4.98 Å². The Labute approximate surface area is 145 Å². The number of nitrogens with one attached hydrogen (secondary N) is 1. The van der Waals surface area contributed by atoms with Gasteiger partial charge < -0.3 is 10.1 Å². The zero-order valence-corrected chi connectivity index (χ0v) is 14.9. The Balaban J connectivity index is 1.66.